The molecule has 6 N–H and O–H groups in total. The van der Waals surface area contributed by atoms with E-state index in [1.807, 2.05) is 0 Å². The van der Waals surface area contributed by atoms with Crippen molar-refractivity contribution in [3.8, 4) is 28.6 Å². The number of hydrogen-bond acceptors (Lipinski definition) is 10. The predicted molar refractivity (Wildman–Crippen MR) is 106 cm³/mol. The van der Waals surface area contributed by atoms with Crippen molar-refractivity contribution in [1.29, 1.82) is 0 Å². The summed E-state index contributed by atoms with van der Waals surface area (Å²) in [6.07, 6.45) is -7.59. The van der Waals surface area contributed by atoms with Gasteiger partial charge in [0, 0.05) is 17.7 Å². The minimum atomic E-state index is -1.63. The van der Waals surface area contributed by atoms with E-state index in [1.54, 1.807) is 30.3 Å². The molecule has 0 saturated carbocycles. The van der Waals surface area contributed by atoms with Crippen molar-refractivity contribution >= 4 is 11.0 Å². The van der Waals surface area contributed by atoms with Crippen LogP contribution in [0.4, 0.5) is 0 Å². The number of aliphatic hydroxyl groups excluding tert-OH is 4. The molecule has 31 heavy (non-hydrogen) atoms. The third-order valence-corrected chi connectivity index (χ3v) is 5.06. The van der Waals surface area contributed by atoms with Crippen LogP contribution in [-0.2, 0) is 4.74 Å². The van der Waals surface area contributed by atoms with Gasteiger partial charge in [-0.2, -0.15) is 0 Å². The molecule has 10 heteroatoms. The first-order valence-electron chi connectivity index (χ1n) is 9.37. The van der Waals surface area contributed by atoms with Crippen molar-refractivity contribution in [2.75, 3.05) is 6.61 Å². The topological polar surface area (TPSA) is 170 Å². The van der Waals surface area contributed by atoms with E-state index in [2.05, 4.69) is 0 Å². The van der Waals surface area contributed by atoms with Gasteiger partial charge >= 0.3 is 0 Å². The minimum Gasteiger partial charge on any atom is -0.504 e. The standard InChI is InChI=1S/C21H20O10/c22-8-11(24)20-18(27)19(28)21(31-20)30-14-7-13-15(17(26)16(14)25)10(23)6-12(29-13)9-4-2-1-3-5-9/h1-7,11,18-22,24-28H,8H2. The van der Waals surface area contributed by atoms with Crippen LogP contribution in [-0.4, -0.2) is 68.0 Å². The van der Waals surface area contributed by atoms with E-state index in [1.165, 1.54) is 6.07 Å². The average molecular weight is 432 g/mol. The molecule has 1 aliphatic heterocycles. The van der Waals surface area contributed by atoms with E-state index in [0.717, 1.165) is 6.07 Å². The van der Waals surface area contributed by atoms with Gasteiger partial charge in [-0.3, -0.25) is 4.79 Å². The molecule has 1 saturated heterocycles. The molecule has 5 atom stereocenters. The molecule has 3 aromatic rings. The van der Waals surface area contributed by atoms with Crippen LogP contribution < -0.4 is 10.2 Å². The van der Waals surface area contributed by atoms with Crippen LogP contribution in [0.2, 0.25) is 0 Å². The summed E-state index contributed by atoms with van der Waals surface area (Å²) in [4.78, 5) is 12.5. The van der Waals surface area contributed by atoms with Gasteiger partial charge in [-0.05, 0) is 0 Å². The summed E-state index contributed by atoms with van der Waals surface area (Å²) < 4.78 is 16.4. The van der Waals surface area contributed by atoms with Crippen LogP contribution in [0.3, 0.4) is 0 Å². The Morgan fingerprint density at radius 1 is 1.03 bits per heavy atom. The number of rotatable bonds is 5. The van der Waals surface area contributed by atoms with Gasteiger partial charge in [-0.25, -0.2) is 0 Å². The second-order valence-corrected chi connectivity index (χ2v) is 7.10. The van der Waals surface area contributed by atoms with Gasteiger partial charge in [0.1, 0.15) is 41.1 Å². The van der Waals surface area contributed by atoms with Gasteiger partial charge < -0.3 is 44.5 Å². The third-order valence-electron chi connectivity index (χ3n) is 5.06. The average Bonchev–Trinajstić information content (AvgIpc) is 3.05. The molecule has 1 aromatic heterocycles. The van der Waals surface area contributed by atoms with Gasteiger partial charge in [-0.1, -0.05) is 30.3 Å². The number of phenolic OH excluding ortho intramolecular Hbond substituents is 2. The molecule has 0 radical (unpaired) electrons. The van der Waals surface area contributed by atoms with Gasteiger partial charge in [0.15, 0.2) is 16.9 Å². The van der Waals surface area contributed by atoms with E-state index in [-0.39, 0.29) is 16.7 Å². The fourth-order valence-corrected chi connectivity index (χ4v) is 3.42. The Kier molecular flexibility index (Phi) is 5.56. The van der Waals surface area contributed by atoms with Crippen molar-refractivity contribution in [3.05, 3.63) is 52.7 Å². The fourth-order valence-electron chi connectivity index (χ4n) is 3.42. The zero-order valence-electron chi connectivity index (χ0n) is 16.0. The highest BCUT2D eigenvalue weighted by Gasteiger charge is 2.47. The molecule has 2 heterocycles. The largest absolute Gasteiger partial charge is 0.504 e. The molecule has 1 aliphatic rings. The molecular weight excluding hydrogens is 412 g/mol. The molecule has 0 aliphatic carbocycles. The summed E-state index contributed by atoms with van der Waals surface area (Å²) in [5.74, 6) is -1.77. The lowest BCUT2D eigenvalue weighted by Gasteiger charge is -2.19. The lowest BCUT2D eigenvalue weighted by molar-refractivity contribution is -0.137. The second kappa shape index (κ2) is 8.17. The molecule has 2 aromatic carbocycles. The predicted octanol–water partition coefficient (Wildman–Crippen LogP) is 0.0499. The molecule has 4 rings (SSSR count). The highest BCUT2D eigenvalue weighted by molar-refractivity contribution is 5.89. The van der Waals surface area contributed by atoms with Gasteiger partial charge in [0.2, 0.25) is 12.0 Å². The smallest absolute Gasteiger partial charge is 0.229 e. The molecule has 10 nitrogen and oxygen atoms in total. The lowest BCUT2D eigenvalue weighted by Crippen LogP contribution is -2.40. The minimum absolute atomic E-state index is 0.100. The van der Waals surface area contributed by atoms with Crippen molar-refractivity contribution in [3.63, 3.8) is 0 Å². The molecule has 164 valence electrons. The maximum Gasteiger partial charge on any atom is 0.229 e. The van der Waals surface area contributed by atoms with Crippen LogP contribution in [0.1, 0.15) is 0 Å². The first-order valence-corrected chi connectivity index (χ1v) is 9.37. The molecule has 1 fully saturated rings. The van der Waals surface area contributed by atoms with Gasteiger partial charge in [0.25, 0.3) is 0 Å². The summed E-state index contributed by atoms with van der Waals surface area (Å²) in [6.45, 7) is -0.726. The SMILES string of the molecule is O=c1cc(-c2ccccc2)oc2cc(OC3OC(C(O)CO)C(O)C3O)c(O)c(O)c12. The highest BCUT2D eigenvalue weighted by atomic mass is 16.7. The van der Waals surface area contributed by atoms with Gasteiger partial charge in [0.05, 0.1) is 6.61 Å². The number of phenols is 2. The molecule has 0 spiro atoms. The summed E-state index contributed by atoms with van der Waals surface area (Å²) >= 11 is 0. The zero-order valence-corrected chi connectivity index (χ0v) is 16.0. The zero-order chi connectivity index (χ0) is 22.3. The van der Waals surface area contributed by atoms with E-state index < -0.39 is 60.0 Å². The highest BCUT2D eigenvalue weighted by Crippen LogP contribution is 2.42. The summed E-state index contributed by atoms with van der Waals surface area (Å²) in [5, 5.41) is 59.2. The number of ether oxygens (including phenoxy) is 2. The quantitative estimate of drug-likeness (QED) is 0.303. The Balaban J connectivity index is 1.73. The molecule has 0 amide bonds. The number of aliphatic hydroxyl groups is 4. The molecular formula is C21H20O10. The second-order valence-electron chi connectivity index (χ2n) is 7.10. The van der Waals surface area contributed by atoms with Crippen molar-refractivity contribution in [2.45, 2.75) is 30.7 Å². The van der Waals surface area contributed by atoms with Gasteiger partial charge in [-0.15, -0.1) is 0 Å². The molecule has 0 bridgehead atoms. The summed E-state index contributed by atoms with van der Waals surface area (Å²) in [5.41, 5.74) is -0.0928. The van der Waals surface area contributed by atoms with Crippen LogP contribution >= 0.6 is 0 Å². The number of benzene rings is 2. The first kappa shape index (κ1) is 21.1. The van der Waals surface area contributed by atoms with Crippen LogP contribution in [0.25, 0.3) is 22.3 Å². The number of hydrogen-bond donors (Lipinski definition) is 6. The Hall–Kier alpha value is -3.15. The number of fused-ring (bicyclic) bond motifs is 1. The summed E-state index contributed by atoms with van der Waals surface area (Å²) in [6, 6.07) is 11.1. The maximum atomic E-state index is 12.5. The number of aromatic hydroxyl groups is 2. The van der Waals surface area contributed by atoms with Crippen LogP contribution in [0, 0.1) is 0 Å². The Morgan fingerprint density at radius 3 is 2.42 bits per heavy atom. The van der Waals surface area contributed by atoms with E-state index in [9.17, 15) is 30.3 Å². The van der Waals surface area contributed by atoms with E-state index in [0.29, 0.717) is 5.56 Å². The van der Waals surface area contributed by atoms with Crippen molar-refractivity contribution in [2.24, 2.45) is 0 Å². The lowest BCUT2D eigenvalue weighted by atomic mass is 10.1. The first-order chi connectivity index (χ1) is 14.8. The van der Waals surface area contributed by atoms with E-state index >= 15 is 0 Å². The summed E-state index contributed by atoms with van der Waals surface area (Å²) in [7, 11) is 0. The fraction of sp³-hybridized carbons (Fsp3) is 0.286. The monoisotopic (exact) mass is 432 g/mol. The Morgan fingerprint density at radius 2 is 1.74 bits per heavy atom. The van der Waals surface area contributed by atoms with Crippen LogP contribution in [0.5, 0.6) is 17.2 Å². The normalized spacial score (nSPS) is 24.4. The van der Waals surface area contributed by atoms with Crippen molar-refractivity contribution < 1.29 is 44.5 Å². The van der Waals surface area contributed by atoms with Crippen molar-refractivity contribution in [1.82, 2.24) is 0 Å². The Labute approximate surface area is 174 Å². The third kappa shape index (κ3) is 3.71. The maximum absolute atomic E-state index is 12.5. The van der Waals surface area contributed by atoms with E-state index in [4.69, 9.17) is 19.0 Å². The molecule has 5 unspecified atom stereocenters. The van der Waals surface area contributed by atoms with Crippen LogP contribution in [0.15, 0.2) is 51.7 Å². The Bertz CT molecular complexity index is 1140.